The van der Waals surface area contributed by atoms with Gasteiger partial charge in [-0.2, -0.15) is 0 Å². The Hall–Kier alpha value is -1.39. The van der Waals surface area contributed by atoms with Crippen LogP contribution in [0, 0.1) is 29.1 Å². The van der Waals surface area contributed by atoms with Crippen LogP contribution in [0.3, 0.4) is 0 Å². The second kappa shape index (κ2) is 12.0. The number of rotatable bonds is 10. The number of carbonyl (C=O) groups is 1. The fraction of sp³-hybridized carbons (Fsp3) is 0.781. The highest BCUT2D eigenvalue weighted by molar-refractivity contribution is 5.49. The zero-order valence-corrected chi connectivity index (χ0v) is 24.0. The first-order chi connectivity index (χ1) is 17.2. The highest BCUT2D eigenvalue weighted by Crippen LogP contribution is 2.58. The lowest BCUT2D eigenvalue weighted by Crippen LogP contribution is -2.45. The molecule has 1 aromatic rings. The van der Waals surface area contributed by atoms with E-state index in [2.05, 4.69) is 69.8 Å². The van der Waals surface area contributed by atoms with Gasteiger partial charge in [0, 0.05) is 25.6 Å². The minimum absolute atomic E-state index is 0.320. The molecule has 1 saturated carbocycles. The first-order valence-electron chi connectivity index (χ1n) is 14.8. The van der Waals surface area contributed by atoms with Crippen LogP contribution in [0.1, 0.15) is 96.1 Å². The molecular formula is C32H52N2O2. The molecule has 0 amide bonds. The van der Waals surface area contributed by atoms with Gasteiger partial charge >= 0.3 is 0 Å². The summed E-state index contributed by atoms with van der Waals surface area (Å²) in [6, 6.07) is 7.71. The maximum atomic E-state index is 11.4. The molecule has 0 spiro atoms. The molecule has 1 heterocycles. The molecule has 0 aromatic heterocycles. The molecule has 202 valence electrons. The van der Waals surface area contributed by atoms with Crippen LogP contribution in [-0.4, -0.2) is 56.0 Å². The van der Waals surface area contributed by atoms with Crippen LogP contribution in [0.2, 0.25) is 0 Å². The third kappa shape index (κ3) is 6.35. The Kier molecular flexibility index (Phi) is 9.20. The molecule has 4 rings (SSSR count). The molecule has 3 aliphatic rings. The predicted octanol–water partition coefficient (Wildman–Crippen LogP) is 6.77. The van der Waals surface area contributed by atoms with Crippen LogP contribution in [0.25, 0.3) is 0 Å². The highest BCUT2D eigenvalue weighted by Gasteiger charge is 2.49. The molecule has 4 nitrogen and oxygen atoms in total. The number of aldehydes is 1. The Morgan fingerprint density at radius 2 is 1.89 bits per heavy atom. The monoisotopic (exact) mass is 496 g/mol. The standard InChI is InChI=1S/C32H52N2O2/c1-23(2)9-10-24-20-25-21-27(36-22-34-17-14-26(15-18-34)33(5)6)11-12-28(25)29-13-16-32(3,4)30(31(24)29)8-7-19-35/h11-12,19,21,23-24,26,29-31H,7-10,13-18,20,22H2,1-6H3/t24?,29-,30+,31?/m1/s1. The number of fused-ring (bicyclic) bond motifs is 3. The van der Waals surface area contributed by atoms with E-state index in [1.165, 1.54) is 50.5 Å². The largest absolute Gasteiger partial charge is 0.478 e. The van der Waals surface area contributed by atoms with Crippen molar-refractivity contribution in [3.05, 3.63) is 29.3 Å². The van der Waals surface area contributed by atoms with Gasteiger partial charge in [-0.1, -0.05) is 40.2 Å². The van der Waals surface area contributed by atoms with Gasteiger partial charge in [0.15, 0.2) is 0 Å². The SMILES string of the molecule is CC(C)CCC1Cc2cc(OCN3CCC(N(C)C)CC3)ccc2[C@H]2CCC(C)(C)[C@@H](CCC=O)C12. The predicted molar refractivity (Wildman–Crippen MR) is 150 cm³/mol. The van der Waals surface area contributed by atoms with Crippen molar-refractivity contribution in [3.8, 4) is 5.75 Å². The smallest absolute Gasteiger partial charge is 0.142 e. The summed E-state index contributed by atoms with van der Waals surface area (Å²) in [4.78, 5) is 16.2. The van der Waals surface area contributed by atoms with E-state index < -0.39 is 0 Å². The number of nitrogens with zero attached hydrogens (tertiary/aromatic N) is 2. The Bertz CT molecular complexity index is 856. The van der Waals surface area contributed by atoms with Crippen LogP contribution < -0.4 is 4.74 Å². The Balaban J connectivity index is 1.50. The molecule has 0 radical (unpaired) electrons. The second-order valence-electron chi connectivity index (χ2n) is 13.4. The number of hydrogen-bond donors (Lipinski definition) is 0. The fourth-order valence-corrected chi connectivity index (χ4v) is 7.76. The minimum Gasteiger partial charge on any atom is -0.478 e. The van der Waals surface area contributed by atoms with E-state index in [-0.39, 0.29) is 0 Å². The summed E-state index contributed by atoms with van der Waals surface area (Å²) in [5.74, 6) is 4.45. The summed E-state index contributed by atoms with van der Waals surface area (Å²) in [5.41, 5.74) is 3.43. The summed E-state index contributed by atoms with van der Waals surface area (Å²) >= 11 is 0. The number of hydrogen-bond acceptors (Lipinski definition) is 4. The van der Waals surface area contributed by atoms with Crippen LogP contribution in [0.15, 0.2) is 18.2 Å². The lowest BCUT2D eigenvalue weighted by molar-refractivity contribution is -0.108. The zero-order chi connectivity index (χ0) is 25.9. The minimum atomic E-state index is 0.320. The van der Waals surface area contributed by atoms with Gasteiger partial charge in [-0.15, -0.1) is 0 Å². The quantitative estimate of drug-likeness (QED) is 0.335. The van der Waals surface area contributed by atoms with Crippen molar-refractivity contribution in [1.29, 1.82) is 0 Å². The van der Waals surface area contributed by atoms with Gasteiger partial charge in [0.1, 0.15) is 18.8 Å². The van der Waals surface area contributed by atoms with Crippen LogP contribution >= 0.6 is 0 Å². The number of ether oxygens (including phenoxy) is 1. The molecule has 2 unspecified atom stereocenters. The van der Waals surface area contributed by atoms with Crippen molar-refractivity contribution < 1.29 is 9.53 Å². The van der Waals surface area contributed by atoms with Gasteiger partial charge in [0.05, 0.1) is 0 Å². The molecule has 2 fully saturated rings. The van der Waals surface area contributed by atoms with E-state index in [0.29, 0.717) is 48.3 Å². The average molecular weight is 497 g/mol. The van der Waals surface area contributed by atoms with Crippen molar-refractivity contribution in [2.75, 3.05) is 33.9 Å². The number of piperidine rings is 1. The lowest BCUT2D eigenvalue weighted by atomic mass is 9.51. The van der Waals surface area contributed by atoms with E-state index in [1.54, 1.807) is 5.56 Å². The Labute approximate surface area is 221 Å². The van der Waals surface area contributed by atoms with Gasteiger partial charge in [0.25, 0.3) is 0 Å². The van der Waals surface area contributed by atoms with Gasteiger partial charge in [-0.05, 0) is 117 Å². The fourth-order valence-electron chi connectivity index (χ4n) is 7.76. The molecule has 1 aliphatic heterocycles. The van der Waals surface area contributed by atoms with E-state index in [0.717, 1.165) is 37.5 Å². The molecule has 2 aliphatic carbocycles. The number of likely N-dealkylation sites (tertiary alicyclic amines) is 1. The first-order valence-corrected chi connectivity index (χ1v) is 14.8. The molecule has 0 N–H and O–H groups in total. The molecule has 1 saturated heterocycles. The van der Waals surface area contributed by atoms with Crippen molar-refractivity contribution in [3.63, 3.8) is 0 Å². The van der Waals surface area contributed by atoms with Crippen LogP contribution in [0.5, 0.6) is 5.75 Å². The molecular weight excluding hydrogens is 444 g/mol. The maximum Gasteiger partial charge on any atom is 0.142 e. The third-order valence-corrected chi connectivity index (χ3v) is 9.98. The average Bonchev–Trinajstić information content (AvgIpc) is 2.85. The van der Waals surface area contributed by atoms with Gasteiger partial charge < -0.3 is 14.4 Å². The summed E-state index contributed by atoms with van der Waals surface area (Å²) in [7, 11) is 4.39. The topological polar surface area (TPSA) is 32.8 Å². The summed E-state index contributed by atoms with van der Waals surface area (Å²) in [5, 5.41) is 0. The van der Waals surface area contributed by atoms with E-state index in [9.17, 15) is 4.79 Å². The van der Waals surface area contributed by atoms with Crippen molar-refractivity contribution in [2.45, 2.75) is 97.4 Å². The summed E-state index contributed by atoms with van der Waals surface area (Å²) in [6.45, 7) is 12.6. The second-order valence-corrected chi connectivity index (χ2v) is 13.4. The van der Waals surface area contributed by atoms with Gasteiger partial charge in [-0.25, -0.2) is 0 Å². The number of carbonyl (C=O) groups excluding carboxylic acids is 1. The van der Waals surface area contributed by atoms with Gasteiger partial charge in [-0.3, -0.25) is 4.90 Å². The van der Waals surface area contributed by atoms with Crippen molar-refractivity contribution >= 4 is 6.29 Å². The normalized spacial score (nSPS) is 28.7. The number of benzene rings is 1. The zero-order valence-electron chi connectivity index (χ0n) is 24.0. The van der Waals surface area contributed by atoms with E-state index in [4.69, 9.17) is 4.74 Å². The van der Waals surface area contributed by atoms with E-state index >= 15 is 0 Å². The molecule has 1 aromatic carbocycles. The lowest BCUT2D eigenvalue weighted by Gasteiger charge is -2.54. The van der Waals surface area contributed by atoms with Crippen molar-refractivity contribution in [1.82, 2.24) is 9.80 Å². The van der Waals surface area contributed by atoms with Crippen LogP contribution in [-0.2, 0) is 11.2 Å². The molecule has 0 bridgehead atoms. The Morgan fingerprint density at radius 3 is 2.56 bits per heavy atom. The summed E-state index contributed by atoms with van der Waals surface area (Å²) in [6.07, 6.45) is 11.7. The van der Waals surface area contributed by atoms with E-state index in [1.807, 2.05) is 0 Å². The highest BCUT2D eigenvalue weighted by atomic mass is 16.5. The summed E-state index contributed by atoms with van der Waals surface area (Å²) < 4.78 is 6.36. The molecule has 36 heavy (non-hydrogen) atoms. The van der Waals surface area contributed by atoms with Gasteiger partial charge in [0.2, 0.25) is 0 Å². The van der Waals surface area contributed by atoms with Crippen LogP contribution in [0.4, 0.5) is 0 Å². The molecule has 4 atom stereocenters. The first kappa shape index (κ1) is 27.6. The third-order valence-electron chi connectivity index (χ3n) is 9.98. The Morgan fingerprint density at radius 1 is 1.14 bits per heavy atom. The van der Waals surface area contributed by atoms with Crippen molar-refractivity contribution in [2.24, 2.45) is 29.1 Å². The molecule has 4 heteroatoms. The maximum absolute atomic E-state index is 11.4.